The average molecular weight is 412 g/mol. The van der Waals surface area contributed by atoms with Crippen molar-refractivity contribution in [2.45, 2.75) is 31.2 Å². The van der Waals surface area contributed by atoms with Gasteiger partial charge in [-0.1, -0.05) is 18.2 Å². The third-order valence-electron chi connectivity index (χ3n) is 4.53. The minimum absolute atomic E-state index is 0.0179. The highest BCUT2D eigenvalue weighted by molar-refractivity contribution is 9.10. The molecule has 0 unspecified atom stereocenters. The molecule has 0 spiro atoms. The second-order valence-corrected chi connectivity index (χ2v) is 7.35. The fraction of sp³-hybridized carbons (Fsp3) is 0.353. The van der Waals surface area contributed by atoms with Crippen LogP contribution in [-0.2, 0) is 11.2 Å². The van der Waals surface area contributed by atoms with Gasteiger partial charge in [0.25, 0.3) is 5.92 Å². The summed E-state index contributed by atoms with van der Waals surface area (Å²) < 4.78 is 28.5. The number of rotatable bonds is 4. The molecule has 1 fully saturated rings. The van der Waals surface area contributed by atoms with E-state index in [9.17, 15) is 18.7 Å². The van der Waals surface area contributed by atoms with Crippen LogP contribution in [0, 0.1) is 5.41 Å². The van der Waals surface area contributed by atoms with Crippen LogP contribution in [0.1, 0.15) is 18.4 Å². The Hall–Kier alpha value is -1.93. The molecule has 0 radical (unpaired) electrons. The van der Waals surface area contributed by atoms with Crippen molar-refractivity contribution in [2.24, 2.45) is 11.1 Å². The van der Waals surface area contributed by atoms with Crippen LogP contribution in [-0.4, -0.2) is 33.0 Å². The second-order valence-electron chi connectivity index (χ2n) is 6.44. The highest BCUT2D eigenvalue weighted by Gasteiger charge is 2.58. The van der Waals surface area contributed by atoms with Crippen LogP contribution in [0.2, 0.25) is 0 Å². The highest BCUT2D eigenvalue weighted by Crippen LogP contribution is 2.48. The van der Waals surface area contributed by atoms with Crippen molar-refractivity contribution in [3.05, 3.63) is 46.7 Å². The molecule has 3 rings (SSSR count). The van der Waals surface area contributed by atoms with Gasteiger partial charge in [0.2, 0.25) is 0 Å². The summed E-state index contributed by atoms with van der Waals surface area (Å²) in [5.41, 5.74) is 5.24. The normalized spacial score (nSPS) is 25.0. The number of carboxylic acid groups (broad SMARTS) is 1. The maximum atomic E-state index is 13.9. The lowest BCUT2D eigenvalue weighted by molar-refractivity contribution is -0.150. The van der Waals surface area contributed by atoms with Gasteiger partial charge in [0.05, 0.1) is 15.9 Å². The van der Waals surface area contributed by atoms with Gasteiger partial charge in [0, 0.05) is 24.4 Å². The Kier molecular flexibility index (Phi) is 4.59. The number of alkyl halides is 2. The fourth-order valence-corrected chi connectivity index (χ4v) is 3.48. The van der Waals surface area contributed by atoms with Crippen molar-refractivity contribution >= 4 is 21.9 Å². The van der Waals surface area contributed by atoms with Gasteiger partial charge in [-0.25, -0.2) is 18.7 Å². The van der Waals surface area contributed by atoms with Gasteiger partial charge >= 0.3 is 5.97 Å². The zero-order chi connectivity index (χ0) is 18.2. The topological polar surface area (TPSA) is 89.1 Å². The van der Waals surface area contributed by atoms with Crippen LogP contribution in [0.25, 0.3) is 11.4 Å². The number of aliphatic carboxylic acids is 1. The maximum absolute atomic E-state index is 13.9. The Bertz CT molecular complexity index is 801. The molecule has 2 aromatic rings. The van der Waals surface area contributed by atoms with E-state index in [0.29, 0.717) is 17.0 Å². The summed E-state index contributed by atoms with van der Waals surface area (Å²) in [4.78, 5) is 20.1. The summed E-state index contributed by atoms with van der Waals surface area (Å²) in [5.74, 6) is -3.95. The number of carbonyl (C=O) groups is 1. The summed E-state index contributed by atoms with van der Waals surface area (Å²) in [6, 6.07) is 5.53. The number of hydrogen-bond acceptors (Lipinski definition) is 4. The van der Waals surface area contributed by atoms with Crippen molar-refractivity contribution in [3.8, 4) is 11.4 Å². The van der Waals surface area contributed by atoms with Gasteiger partial charge in [-0.3, -0.25) is 4.79 Å². The number of nitrogens with zero attached hydrogens (tertiary/aromatic N) is 2. The Morgan fingerprint density at radius 2 is 2.04 bits per heavy atom. The lowest BCUT2D eigenvalue weighted by atomic mass is 9.79. The van der Waals surface area contributed by atoms with Gasteiger partial charge in [-0.05, 0) is 40.4 Å². The van der Waals surface area contributed by atoms with Crippen molar-refractivity contribution in [1.82, 2.24) is 9.97 Å². The molecule has 0 aliphatic heterocycles. The van der Waals surface area contributed by atoms with E-state index >= 15 is 0 Å². The SMILES string of the molecule is N[C@@H]1C[C@@](Cc2cccc(-c3ncc(Br)cn3)c2)(C(=O)O)CC1(F)F. The van der Waals surface area contributed by atoms with Gasteiger partial charge in [-0.2, -0.15) is 0 Å². The third kappa shape index (κ3) is 3.55. The number of hydrogen-bond donors (Lipinski definition) is 2. The Balaban J connectivity index is 1.91. The number of halogens is 3. The average Bonchev–Trinajstić information content (AvgIpc) is 2.78. The molecule has 3 N–H and O–H groups in total. The van der Waals surface area contributed by atoms with Gasteiger partial charge in [-0.15, -0.1) is 0 Å². The molecule has 2 atom stereocenters. The number of nitrogens with two attached hydrogens (primary N) is 1. The molecule has 1 aromatic heterocycles. The molecular formula is C17H16BrF2N3O2. The predicted molar refractivity (Wildman–Crippen MR) is 91.1 cm³/mol. The van der Waals surface area contributed by atoms with E-state index in [1.54, 1.807) is 36.7 Å². The molecule has 0 amide bonds. The smallest absolute Gasteiger partial charge is 0.310 e. The quantitative estimate of drug-likeness (QED) is 0.805. The first-order valence-electron chi connectivity index (χ1n) is 7.66. The molecule has 0 bridgehead atoms. The monoisotopic (exact) mass is 411 g/mol. The summed E-state index contributed by atoms with van der Waals surface area (Å²) in [6.45, 7) is 0. The Labute approximate surface area is 151 Å². The van der Waals surface area contributed by atoms with Crippen LogP contribution < -0.4 is 5.73 Å². The standard InChI is InChI=1S/C17H16BrF2N3O2/c18-12-7-22-14(23-8-12)11-3-1-2-10(4-11)5-16(15(24)25)6-13(21)17(19,20)9-16/h1-4,7-8,13H,5-6,9,21H2,(H,24,25)/t13-,16-/m1/s1. The third-order valence-corrected chi connectivity index (χ3v) is 4.94. The molecule has 1 saturated carbocycles. The number of benzene rings is 1. The van der Waals surface area contributed by atoms with Crippen LogP contribution in [0.5, 0.6) is 0 Å². The van der Waals surface area contributed by atoms with Crippen molar-refractivity contribution in [1.29, 1.82) is 0 Å². The zero-order valence-electron chi connectivity index (χ0n) is 13.1. The van der Waals surface area contributed by atoms with Crippen LogP contribution in [0.15, 0.2) is 41.1 Å². The molecule has 1 aliphatic carbocycles. The molecule has 1 heterocycles. The number of aromatic nitrogens is 2. The first kappa shape index (κ1) is 17.9. The van der Waals surface area contributed by atoms with Crippen molar-refractivity contribution in [3.63, 3.8) is 0 Å². The molecule has 0 saturated heterocycles. The molecule has 1 aliphatic rings. The first-order chi connectivity index (χ1) is 11.7. The maximum Gasteiger partial charge on any atom is 0.310 e. The summed E-state index contributed by atoms with van der Waals surface area (Å²) >= 11 is 3.26. The predicted octanol–water partition coefficient (Wildman–Crippen LogP) is 3.28. The van der Waals surface area contributed by atoms with E-state index in [0.717, 1.165) is 4.47 Å². The lowest BCUT2D eigenvalue weighted by Crippen LogP contribution is -2.34. The van der Waals surface area contributed by atoms with E-state index in [1.165, 1.54) is 0 Å². The van der Waals surface area contributed by atoms with Gasteiger partial charge in [0.1, 0.15) is 0 Å². The summed E-state index contributed by atoms with van der Waals surface area (Å²) in [5, 5.41) is 9.57. The highest BCUT2D eigenvalue weighted by atomic mass is 79.9. The van der Waals surface area contributed by atoms with Crippen LogP contribution in [0.3, 0.4) is 0 Å². The summed E-state index contributed by atoms with van der Waals surface area (Å²) in [7, 11) is 0. The van der Waals surface area contributed by atoms with Crippen LogP contribution in [0.4, 0.5) is 8.78 Å². The molecule has 1 aromatic carbocycles. The molecule has 25 heavy (non-hydrogen) atoms. The van der Waals surface area contributed by atoms with Crippen molar-refractivity contribution in [2.75, 3.05) is 0 Å². The van der Waals surface area contributed by atoms with E-state index in [2.05, 4.69) is 25.9 Å². The van der Waals surface area contributed by atoms with Crippen LogP contribution >= 0.6 is 15.9 Å². The molecular weight excluding hydrogens is 396 g/mol. The fourth-order valence-electron chi connectivity index (χ4n) is 3.27. The minimum atomic E-state index is -3.18. The first-order valence-corrected chi connectivity index (χ1v) is 8.45. The lowest BCUT2D eigenvalue weighted by Gasteiger charge is -2.24. The minimum Gasteiger partial charge on any atom is -0.481 e. The summed E-state index contributed by atoms with van der Waals surface area (Å²) in [6.07, 6.45) is 2.18. The molecule has 8 heteroatoms. The largest absolute Gasteiger partial charge is 0.481 e. The molecule has 132 valence electrons. The van der Waals surface area contributed by atoms with E-state index < -0.39 is 29.8 Å². The van der Waals surface area contributed by atoms with Gasteiger partial charge in [0.15, 0.2) is 5.82 Å². The molecule has 5 nitrogen and oxygen atoms in total. The Morgan fingerprint density at radius 1 is 1.36 bits per heavy atom. The second kappa shape index (κ2) is 6.42. The van der Waals surface area contributed by atoms with E-state index in [1.807, 2.05) is 0 Å². The Morgan fingerprint density at radius 3 is 2.60 bits per heavy atom. The van der Waals surface area contributed by atoms with Crippen molar-refractivity contribution < 1.29 is 18.7 Å². The van der Waals surface area contributed by atoms with E-state index in [4.69, 9.17) is 5.73 Å². The number of carboxylic acids is 1. The van der Waals surface area contributed by atoms with E-state index in [-0.39, 0.29) is 12.8 Å². The van der Waals surface area contributed by atoms with Gasteiger partial charge < -0.3 is 10.8 Å². The zero-order valence-corrected chi connectivity index (χ0v) is 14.7.